The predicted molar refractivity (Wildman–Crippen MR) is 221 cm³/mol. The summed E-state index contributed by atoms with van der Waals surface area (Å²) in [7, 11) is 0. The average Bonchev–Trinajstić information content (AvgIpc) is 3.89. The van der Waals surface area contributed by atoms with Gasteiger partial charge in [-0.3, -0.25) is 0 Å². The maximum atomic E-state index is 6.43. The maximum Gasteiger partial charge on any atom is 0.143 e. The van der Waals surface area contributed by atoms with E-state index < -0.39 is 0 Å². The number of benzene rings is 8. The molecule has 0 bridgehead atoms. The monoisotopic (exact) mass is 682 g/mol. The van der Waals surface area contributed by atoms with E-state index in [1.165, 1.54) is 42.0 Å². The number of nitrogens with zero attached hydrogens (tertiary/aromatic N) is 2. The van der Waals surface area contributed by atoms with Crippen molar-refractivity contribution in [1.82, 2.24) is 4.57 Å². The SMILES string of the molecule is c1ccc(-n2c3ccccc3c3ccc(N(c4ccc(-c5cccc6c5oc5ccccc56)cc4)c4cccc5c4sc4ccccc45)cc32)cc1. The molecule has 52 heavy (non-hydrogen) atoms. The van der Waals surface area contributed by atoms with Gasteiger partial charge in [-0.05, 0) is 66.2 Å². The van der Waals surface area contributed by atoms with E-state index in [1.54, 1.807) is 0 Å². The van der Waals surface area contributed by atoms with E-state index in [9.17, 15) is 0 Å². The minimum Gasteiger partial charge on any atom is -0.455 e. The number of anilines is 3. The van der Waals surface area contributed by atoms with Gasteiger partial charge in [0.1, 0.15) is 11.2 Å². The van der Waals surface area contributed by atoms with Gasteiger partial charge in [0.2, 0.25) is 0 Å². The number of rotatable bonds is 5. The standard InChI is InChI=1S/C48H30N2OS/c1-2-12-32(13-3-1)50-42-20-7-4-14-36(42)37-29-28-34(30-44(37)50)49(43-21-11-19-41-39-16-6-9-23-46(39)52-48(41)43)33-26-24-31(25-27-33)35-17-10-18-40-38-15-5-8-22-45(38)51-47(35)40/h1-30H. The molecule has 0 fully saturated rings. The second-order valence-corrected chi connectivity index (χ2v) is 14.4. The Balaban J connectivity index is 1.14. The van der Waals surface area contributed by atoms with Gasteiger partial charge in [0.25, 0.3) is 0 Å². The second kappa shape index (κ2) is 11.5. The molecule has 0 spiro atoms. The van der Waals surface area contributed by atoms with Crippen molar-refractivity contribution in [2.45, 2.75) is 0 Å². The molecule has 0 aliphatic carbocycles. The molecule has 11 rings (SSSR count). The number of fused-ring (bicyclic) bond motifs is 9. The lowest BCUT2D eigenvalue weighted by Gasteiger charge is -2.26. The molecule has 0 N–H and O–H groups in total. The first-order chi connectivity index (χ1) is 25.8. The minimum absolute atomic E-state index is 0.910. The van der Waals surface area contributed by atoms with Crippen molar-refractivity contribution in [3.8, 4) is 16.8 Å². The van der Waals surface area contributed by atoms with E-state index in [2.05, 4.69) is 179 Å². The second-order valence-electron chi connectivity index (χ2n) is 13.3. The van der Waals surface area contributed by atoms with Crippen LogP contribution in [-0.4, -0.2) is 4.57 Å². The molecular formula is C48H30N2OS. The highest BCUT2D eigenvalue weighted by Gasteiger charge is 2.21. The smallest absolute Gasteiger partial charge is 0.143 e. The fraction of sp³-hybridized carbons (Fsp3) is 0. The zero-order chi connectivity index (χ0) is 34.2. The van der Waals surface area contributed by atoms with Gasteiger partial charge in [0.15, 0.2) is 0 Å². The summed E-state index contributed by atoms with van der Waals surface area (Å²) in [5.41, 5.74) is 10.9. The molecular weight excluding hydrogens is 653 g/mol. The van der Waals surface area contributed by atoms with Crippen LogP contribution < -0.4 is 4.90 Å². The maximum absolute atomic E-state index is 6.43. The molecule has 3 aromatic heterocycles. The number of furan rings is 1. The summed E-state index contributed by atoms with van der Waals surface area (Å²) in [6.45, 7) is 0. The number of hydrogen-bond acceptors (Lipinski definition) is 3. The van der Waals surface area contributed by atoms with E-state index in [4.69, 9.17) is 4.42 Å². The topological polar surface area (TPSA) is 21.3 Å². The van der Waals surface area contributed by atoms with Gasteiger partial charge in [-0.25, -0.2) is 0 Å². The Morgan fingerprint density at radius 1 is 0.462 bits per heavy atom. The first kappa shape index (κ1) is 29.1. The summed E-state index contributed by atoms with van der Waals surface area (Å²) >= 11 is 1.86. The molecule has 0 aliphatic rings. The van der Waals surface area contributed by atoms with Crippen molar-refractivity contribution in [2.75, 3.05) is 4.90 Å². The number of thiophene rings is 1. The van der Waals surface area contributed by atoms with Gasteiger partial charge in [0.05, 0.1) is 21.4 Å². The molecule has 0 saturated heterocycles. The Hall–Kier alpha value is -6.62. The fourth-order valence-electron chi connectivity index (χ4n) is 8.05. The van der Waals surface area contributed by atoms with Crippen LogP contribution in [-0.2, 0) is 0 Å². The van der Waals surface area contributed by atoms with Crippen molar-refractivity contribution in [3.05, 3.63) is 182 Å². The van der Waals surface area contributed by atoms with Gasteiger partial charge in [-0.1, -0.05) is 121 Å². The van der Waals surface area contributed by atoms with Crippen LogP contribution in [0.25, 0.3) is 80.7 Å². The molecule has 0 aliphatic heterocycles. The van der Waals surface area contributed by atoms with Gasteiger partial charge in [-0.2, -0.15) is 0 Å². The highest BCUT2D eigenvalue weighted by molar-refractivity contribution is 7.26. The third kappa shape index (κ3) is 4.38. The third-order valence-electron chi connectivity index (χ3n) is 10.4. The predicted octanol–water partition coefficient (Wildman–Crippen LogP) is 14.2. The Kier molecular flexibility index (Phi) is 6.42. The van der Waals surface area contributed by atoms with Crippen molar-refractivity contribution in [1.29, 1.82) is 0 Å². The fourth-order valence-corrected chi connectivity index (χ4v) is 9.26. The molecule has 8 aromatic carbocycles. The molecule has 0 amide bonds. The van der Waals surface area contributed by atoms with E-state index >= 15 is 0 Å². The lowest BCUT2D eigenvalue weighted by Crippen LogP contribution is -2.10. The normalized spacial score (nSPS) is 11.8. The first-order valence-corrected chi connectivity index (χ1v) is 18.4. The summed E-state index contributed by atoms with van der Waals surface area (Å²) in [6, 6.07) is 65.4. The molecule has 3 heterocycles. The summed E-state index contributed by atoms with van der Waals surface area (Å²) in [4.78, 5) is 2.43. The van der Waals surface area contributed by atoms with E-state index in [0.29, 0.717) is 0 Å². The Morgan fingerprint density at radius 3 is 2.02 bits per heavy atom. The average molecular weight is 683 g/mol. The Bertz CT molecular complexity index is 3130. The lowest BCUT2D eigenvalue weighted by atomic mass is 10.0. The van der Waals surface area contributed by atoms with E-state index in [1.807, 2.05) is 23.5 Å². The van der Waals surface area contributed by atoms with Crippen molar-refractivity contribution >= 4 is 92.3 Å². The van der Waals surface area contributed by atoms with Crippen LogP contribution in [0.5, 0.6) is 0 Å². The molecule has 4 heteroatoms. The number of hydrogen-bond donors (Lipinski definition) is 0. The van der Waals surface area contributed by atoms with Crippen molar-refractivity contribution in [2.24, 2.45) is 0 Å². The molecule has 0 saturated carbocycles. The summed E-state index contributed by atoms with van der Waals surface area (Å²) in [6.07, 6.45) is 0. The van der Waals surface area contributed by atoms with Gasteiger partial charge < -0.3 is 13.9 Å². The molecule has 0 unspecified atom stereocenters. The third-order valence-corrected chi connectivity index (χ3v) is 11.6. The molecule has 11 aromatic rings. The molecule has 0 atom stereocenters. The molecule has 244 valence electrons. The summed E-state index contributed by atoms with van der Waals surface area (Å²) in [5.74, 6) is 0. The highest BCUT2D eigenvalue weighted by Crippen LogP contribution is 2.46. The lowest BCUT2D eigenvalue weighted by molar-refractivity contribution is 0.670. The van der Waals surface area contributed by atoms with Gasteiger partial charge in [-0.15, -0.1) is 11.3 Å². The summed E-state index contributed by atoms with van der Waals surface area (Å²) in [5, 5.41) is 7.32. The van der Waals surface area contributed by atoms with Gasteiger partial charge >= 0.3 is 0 Å². The van der Waals surface area contributed by atoms with Crippen molar-refractivity contribution in [3.63, 3.8) is 0 Å². The first-order valence-electron chi connectivity index (χ1n) is 17.6. The van der Waals surface area contributed by atoms with Crippen LogP contribution in [0.4, 0.5) is 17.1 Å². The minimum atomic E-state index is 0.910. The van der Waals surface area contributed by atoms with Crippen molar-refractivity contribution < 1.29 is 4.42 Å². The Labute approximate surface area is 303 Å². The van der Waals surface area contributed by atoms with Crippen LogP contribution in [0.1, 0.15) is 0 Å². The van der Waals surface area contributed by atoms with Crippen LogP contribution >= 0.6 is 11.3 Å². The van der Waals surface area contributed by atoms with E-state index in [0.717, 1.165) is 55.8 Å². The quantitative estimate of drug-likeness (QED) is 0.180. The number of para-hydroxylation sites is 4. The largest absolute Gasteiger partial charge is 0.455 e. The number of aromatic nitrogens is 1. The zero-order valence-corrected chi connectivity index (χ0v) is 28.8. The van der Waals surface area contributed by atoms with Crippen LogP contribution in [0, 0.1) is 0 Å². The van der Waals surface area contributed by atoms with E-state index in [-0.39, 0.29) is 0 Å². The Morgan fingerprint density at radius 2 is 1.13 bits per heavy atom. The van der Waals surface area contributed by atoms with Gasteiger partial charge in [0, 0.05) is 59.6 Å². The molecule has 0 radical (unpaired) electrons. The van der Waals surface area contributed by atoms with Crippen LogP contribution in [0.3, 0.4) is 0 Å². The summed E-state index contributed by atoms with van der Waals surface area (Å²) < 4.78 is 11.4. The van der Waals surface area contributed by atoms with Crippen LogP contribution in [0.2, 0.25) is 0 Å². The highest BCUT2D eigenvalue weighted by atomic mass is 32.1. The molecule has 3 nitrogen and oxygen atoms in total. The zero-order valence-electron chi connectivity index (χ0n) is 28.0. The van der Waals surface area contributed by atoms with Crippen LogP contribution in [0.15, 0.2) is 186 Å².